The Hall–Kier alpha value is -0.380. The van der Waals surface area contributed by atoms with E-state index in [0.29, 0.717) is 0 Å². The second-order valence-corrected chi connectivity index (χ2v) is 5.31. The summed E-state index contributed by atoms with van der Waals surface area (Å²) < 4.78 is 1.11. The quantitative estimate of drug-likeness (QED) is 0.880. The minimum atomic E-state index is 0.0563. The first-order chi connectivity index (χ1) is 7.24. The SMILES string of the molecule is OCC1(Cc2cccc(Br)c2)CCNC1. The van der Waals surface area contributed by atoms with E-state index in [2.05, 4.69) is 33.4 Å². The van der Waals surface area contributed by atoms with Crippen molar-refractivity contribution in [2.45, 2.75) is 12.8 Å². The monoisotopic (exact) mass is 269 g/mol. The van der Waals surface area contributed by atoms with Gasteiger partial charge >= 0.3 is 0 Å². The number of hydrogen-bond donors (Lipinski definition) is 2. The first-order valence-corrected chi connectivity index (χ1v) is 6.09. The molecule has 1 unspecified atom stereocenters. The Bertz CT molecular complexity index is 334. The molecule has 1 atom stereocenters. The Morgan fingerprint density at radius 3 is 2.93 bits per heavy atom. The van der Waals surface area contributed by atoms with E-state index >= 15 is 0 Å². The Kier molecular flexibility index (Phi) is 3.44. The molecular formula is C12H16BrNO. The van der Waals surface area contributed by atoms with E-state index in [4.69, 9.17) is 0 Å². The summed E-state index contributed by atoms with van der Waals surface area (Å²) in [7, 11) is 0. The average Bonchev–Trinajstić information content (AvgIpc) is 2.67. The van der Waals surface area contributed by atoms with Crippen molar-refractivity contribution >= 4 is 15.9 Å². The smallest absolute Gasteiger partial charge is 0.0503 e. The number of hydrogen-bond acceptors (Lipinski definition) is 2. The molecular weight excluding hydrogens is 254 g/mol. The molecule has 1 fully saturated rings. The Morgan fingerprint density at radius 1 is 1.47 bits per heavy atom. The highest BCUT2D eigenvalue weighted by molar-refractivity contribution is 9.10. The third kappa shape index (κ3) is 2.60. The zero-order valence-electron chi connectivity index (χ0n) is 8.67. The molecule has 1 aliphatic rings. The Morgan fingerprint density at radius 2 is 2.33 bits per heavy atom. The summed E-state index contributed by atoms with van der Waals surface area (Å²) in [5.74, 6) is 0. The van der Waals surface area contributed by atoms with Gasteiger partial charge in [0.1, 0.15) is 0 Å². The van der Waals surface area contributed by atoms with Crippen LogP contribution in [0.4, 0.5) is 0 Å². The maximum absolute atomic E-state index is 9.50. The van der Waals surface area contributed by atoms with E-state index in [1.807, 2.05) is 12.1 Å². The van der Waals surface area contributed by atoms with Gasteiger partial charge in [-0.3, -0.25) is 0 Å². The van der Waals surface area contributed by atoms with Crippen LogP contribution >= 0.6 is 15.9 Å². The zero-order chi connectivity index (χ0) is 10.7. The minimum Gasteiger partial charge on any atom is -0.396 e. The van der Waals surface area contributed by atoms with E-state index < -0.39 is 0 Å². The standard InChI is InChI=1S/C12H16BrNO/c13-11-3-1-2-10(6-11)7-12(9-15)4-5-14-8-12/h1-3,6,14-15H,4-5,7-9H2. The van der Waals surface area contributed by atoms with Crippen LogP contribution in [0.15, 0.2) is 28.7 Å². The summed E-state index contributed by atoms with van der Waals surface area (Å²) in [6.07, 6.45) is 2.02. The number of rotatable bonds is 3. The number of halogens is 1. The molecule has 2 nitrogen and oxygen atoms in total. The average molecular weight is 270 g/mol. The van der Waals surface area contributed by atoms with Crippen molar-refractivity contribution in [2.75, 3.05) is 19.7 Å². The Balaban J connectivity index is 2.12. The summed E-state index contributed by atoms with van der Waals surface area (Å²) in [5, 5.41) is 12.8. The van der Waals surface area contributed by atoms with Gasteiger partial charge in [0.25, 0.3) is 0 Å². The van der Waals surface area contributed by atoms with Crippen LogP contribution in [0.1, 0.15) is 12.0 Å². The maximum Gasteiger partial charge on any atom is 0.0503 e. The first kappa shape index (κ1) is 11.1. The fraction of sp³-hybridized carbons (Fsp3) is 0.500. The van der Waals surface area contributed by atoms with Crippen LogP contribution in [0, 0.1) is 5.41 Å². The van der Waals surface area contributed by atoms with Gasteiger partial charge in [0.05, 0.1) is 6.61 Å². The molecule has 0 aromatic heterocycles. The molecule has 0 aliphatic carbocycles. The summed E-state index contributed by atoms with van der Waals surface area (Å²) in [5.41, 5.74) is 1.35. The van der Waals surface area contributed by atoms with Crippen LogP contribution in [0.3, 0.4) is 0 Å². The lowest BCUT2D eigenvalue weighted by atomic mass is 9.82. The van der Waals surface area contributed by atoms with Gasteiger partial charge in [-0.1, -0.05) is 28.1 Å². The van der Waals surface area contributed by atoms with Crippen molar-refractivity contribution in [1.82, 2.24) is 5.32 Å². The van der Waals surface area contributed by atoms with Gasteiger partial charge in [-0.15, -0.1) is 0 Å². The molecule has 0 bridgehead atoms. The molecule has 1 heterocycles. The number of aliphatic hydroxyl groups excluding tert-OH is 1. The van der Waals surface area contributed by atoms with Gasteiger partial charge in [0.15, 0.2) is 0 Å². The summed E-state index contributed by atoms with van der Waals surface area (Å²) in [6.45, 7) is 2.22. The van der Waals surface area contributed by atoms with Crippen LogP contribution in [0.25, 0.3) is 0 Å². The zero-order valence-corrected chi connectivity index (χ0v) is 10.3. The highest BCUT2D eigenvalue weighted by Crippen LogP contribution is 2.30. The molecule has 1 aromatic carbocycles. The largest absolute Gasteiger partial charge is 0.396 e. The summed E-state index contributed by atoms with van der Waals surface area (Å²) in [4.78, 5) is 0. The number of benzene rings is 1. The second kappa shape index (κ2) is 4.64. The minimum absolute atomic E-state index is 0.0563. The van der Waals surface area contributed by atoms with Crippen LogP contribution < -0.4 is 5.32 Å². The van der Waals surface area contributed by atoms with Crippen LogP contribution in [-0.4, -0.2) is 24.8 Å². The molecule has 0 spiro atoms. The molecule has 3 heteroatoms. The van der Waals surface area contributed by atoms with Gasteiger partial charge in [-0.2, -0.15) is 0 Å². The first-order valence-electron chi connectivity index (χ1n) is 5.30. The van der Waals surface area contributed by atoms with E-state index in [9.17, 15) is 5.11 Å². The van der Waals surface area contributed by atoms with Gasteiger partial charge < -0.3 is 10.4 Å². The molecule has 2 N–H and O–H groups in total. The van der Waals surface area contributed by atoms with Crippen LogP contribution in [0.2, 0.25) is 0 Å². The molecule has 82 valence electrons. The van der Waals surface area contributed by atoms with Crippen molar-refractivity contribution < 1.29 is 5.11 Å². The van der Waals surface area contributed by atoms with Crippen molar-refractivity contribution in [3.8, 4) is 0 Å². The fourth-order valence-electron chi connectivity index (χ4n) is 2.22. The highest BCUT2D eigenvalue weighted by atomic mass is 79.9. The Labute approximate surface area is 98.8 Å². The lowest BCUT2D eigenvalue weighted by Crippen LogP contribution is -2.30. The van der Waals surface area contributed by atoms with E-state index in [0.717, 1.165) is 30.4 Å². The predicted molar refractivity (Wildman–Crippen MR) is 64.9 cm³/mol. The number of nitrogens with one attached hydrogen (secondary N) is 1. The molecule has 0 radical (unpaired) electrons. The summed E-state index contributed by atoms with van der Waals surface area (Å²) >= 11 is 3.47. The number of aliphatic hydroxyl groups is 1. The molecule has 1 aromatic rings. The summed E-state index contributed by atoms with van der Waals surface area (Å²) in [6, 6.07) is 8.34. The van der Waals surface area contributed by atoms with Gasteiger partial charge in [0.2, 0.25) is 0 Å². The molecule has 15 heavy (non-hydrogen) atoms. The van der Waals surface area contributed by atoms with Crippen molar-refractivity contribution in [3.05, 3.63) is 34.3 Å². The van der Waals surface area contributed by atoms with Crippen molar-refractivity contribution in [3.63, 3.8) is 0 Å². The highest BCUT2D eigenvalue weighted by Gasteiger charge is 2.33. The van der Waals surface area contributed by atoms with Crippen LogP contribution in [-0.2, 0) is 6.42 Å². The van der Waals surface area contributed by atoms with Gasteiger partial charge in [0, 0.05) is 16.4 Å². The predicted octanol–water partition coefficient (Wildman–Crippen LogP) is 1.96. The van der Waals surface area contributed by atoms with Gasteiger partial charge in [-0.25, -0.2) is 0 Å². The maximum atomic E-state index is 9.50. The molecule has 0 amide bonds. The molecule has 2 rings (SSSR count). The topological polar surface area (TPSA) is 32.3 Å². The van der Waals surface area contributed by atoms with Crippen molar-refractivity contribution in [2.24, 2.45) is 5.41 Å². The normalized spacial score (nSPS) is 25.7. The van der Waals surface area contributed by atoms with Crippen LogP contribution in [0.5, 0.6) is 0 Å². The molecule has 1 aliphatic heterocycles. The second-order valence-electron chi connectivity index (χ2n) is 4.39. The fourth-order valence-corrected chi connectivity index (χ4v) is 2.66. The lowest BCUT2D eigenvalue weighted by molar-refractivity contribution is 0.143. The molecule has 1 saturated heterocycles. The third-order valence-electron chi connectivity index (χ3n) is 3.14. The van der Waals surface area contributed by atoms with E-state index in [-0.39, 0.29) is 12.0 Å². The molecule has 0 saturated carbocycles. The third-order valence-corrected chi connectivity index (χ3v) is 3.63. The van der Waals surface area contributed by atoms with Crippen molar-refractivity contribution in [1.29, 1.82) is 0 Å². The lowest BCUT2D eigenvalue weighted by Gasteiger charge is -2.25. The van der Waals surface area contributed by atoms with Gasteiger partial charge in [-0.05, 0) is 37.1 Å². The van der Waals surface area contributed by atoms with E-state index in [1.165, 1.54) is 5.56 Å². The van der Waals surface area contributed by atoms with E-state index in [1.54, 1.807) is 0 Å².